The van der Waals surface area contributed by atoms with E-state index in [2.05, 4.69) is 4.98 Å². The highest BCUT2D eigenvalue weighted by Crippen LogP contribution is 2.20. The smallest absolute Gasteiger partial charge is 0.233 e. The summed E-state index contributed by atoms with van der Waals surface area (Å²) in [5.74, 6) is 0. The van der Waals surface area contributed by atoms with Gasteiger partial charge < -0.3 is 0 Å². The summed E-state index contributed by atoms with van der Waals surface area (Å²) < 4.78 is 0. The molecule has 67 valence electrons. The molecule has 0 saturated heterocycles. The molecule has 0 aromatic carbocycles. The summed E-state index contributed by atoms with van der Waals surface area (Å²) in [4.78, 5) is 14.9. The van der Waals surface area contributed by atoms with Crippen LogP contribution in [0.1, 0.15) is 36.1 Å². The van der Waals surface area contributed by atoms with Crippen molar-refractivity contribution >= 4 is 6.29 Å². The van der Waals surface area contributed by atoms with Crippen molar-refractivity contribution in [1.29, 1.82) is 0 Å². The second-order valence-corrected chi connectivity index (χ2v) is 3.45. The lowest BCUT2D eigenvalue weighted by Crippen LogP contribution is -1.99. The highest BCUT2D eigenvalue weighted by Gasteiger charge is 2.12. The minimum atomic E-state index is 0.715. The molecule has 2 nitrogen and oxygen atoms in total. The fraction of sp³-hybridized carbons (Fsp3) is 0.455. The molecule has 0 fully saturated rings. The molecule has 0 saturated carbocycles. The fourth-order valence-electron chi connectivity index (χ4n) is 1.90. The molecule has 0 unspecified atom stereocenters. The van der Waals surface area contributed by atoms with Crippen LogP contribution in [-0.4, -0.2) is 11.3 Å². The topological polar surface area (TPSA) is 30.0 Å². The van der Waals surface area contributed by atoms with E-state index in [1.165, 1.54) is 19.3 Å². The van der Waals surface area contributed by atoms with Gasteiger partial charge in [-0.3, -0.25) is 9.78 Å². The molecule has 1 radical (unpaired) electrons. The van der Waals surface area contributed by atoms with Crippen molar-refractivity contribution in [3.63, 3.8) is 0 Å². The Morgan fingerprint density at radius 2 is 2.08 bits per heavy atom. The summed E-state index contributed by atoms with van der Waals surface area (Å²) in [7, 11) is 0. The molecule has 1 aliphatic rings. The molecule has 1 aromatic heterocycles. The van der Waals surface area contributed by atoms with Crippen LogP contribution in [0, 0.1) is 0 Å². The Morgan fingerprint density at radius 3 is 2.92 bits per heavy atom. The molecule has 2 heteroatoms. The quantitative estimate of drug-likeness (QED) is 0.608. The summed E-state index contributed by atoms with van der Waals surface area (Å²) in [6.07, 6.45) is 9.33. The molecule has 13 heavy (non-hydrogen) atoms. The van der Waals surface area contributed by atoms with Gasteiger partial charge in [0.1, 0.15) is 0 Å². The molecule has 0 aliphatic heterocycles. The number of aryl methyl sites for hydroxylation is 1. The van der Waals surface area contributed by atoms with Gasteiger partial charge in [0.25, 0.3) is 0 Å². The maximum absolute atomic E-state index is 10.6. The molecule has 1 heterocycles. The molecule has 1 aromatic rings. The van der Waals surface area contributed by atoms with Crippen molar-refractivity contribution < 1.29 is 4.79 Å². The summed E-state index contributed by atoms with van der Waals surface area (Å²) in [5, 5.41) is 0. The Labute approximate surface area is 78.0 Å². The number of carbonyl (C=O) groups excluding carboxylic acids is 1. The normalized spacial score (nSPS) is 16.0. The van der Waals surface area contributed by atoms with Crippen molar-refractivity contribution in [2.75, 3.05) is 0 Å². The lowest BCUT2D eigenvalue weighted by molar-refractivity contribution is 0.562. The van der Waals surface area contributed by atoms with E-state index < -0.39 is 0 Å². The van der Waals surface area contributed by atoms with Crippen LogP contribution in [0.25, 0.3) is 0 Å². The lowest BCUT2D eigenvalue weighted by Gasteiger charge is -2.05. The number of nitrogens with zero attached hydrogens (tertiary/aromatic N) is 1. The summed E-state index contributed by atoms with van der Waals surface area (Å²) in [6.45, 7) is 0. The number of fused-ring (bicyclic) bond motifs is 1. The molecular formula is C11H12NO. The third-order valence-electron chi connectivity index (χ3n) is 2.60. The molecule has 0 N–H and O–H groups in total. The fourth-order valence-corrected chi connectivity index (χ4v) is 1.90. The van der Waals surface area contributed by atoms with Crippen molar-refractivity contribution in [3.8, 4) is 0 Å². The predicted molar refractivity (Wildman–Crippen MR) is 50.3 cm³/mol. The number of aromatic nitrogens is 1. The summed E-state index contributed by atoms with van der Waals surface area (Å²) >= 11 is 0. The maximum atomic E-state index is 10.6. The number of hydrogen-bond acceptors (Lipinski definition) is 2. The number of hydrogen-bond donors (Lipinski definition) is 0. The first-order chi connectivity index (χ1) is 6.42. The van der Waals surface area contributed by atoms with Gasteiger partial charge in [0.05, 0.1) is 0 Å². The Kier molecular flexibility index (Phi) is 2.39. The van der Waals surface area contributed by atoms with Gasteiger partial charge >= 0.3 is 0 Å². The molecule has 0 amide bonds. The highest BCUT2D eigenvalue weighted by molar-refractivity contribution is 5.77. The Hall–Kier alpha value is -1.18. The van der Waals surface area contributed by atoms with Crippen LogP contribution in [0.4, 0.5) is 0 Å². The average molecular weight is 174 g/mol. The van der Waals surface area contributed by atoms with Gasteiger partial charge in [-0.15, -0.1) is 0 Å². The lowest BCUT2D eigenvalue weighted by atomic mass is 10.0. The Balaban J connectivity index is 2.45. The van der Waals surface area contributed by atoms with Gasteiger partial charge in [-0.25, -0.2) is 0 Å². The van der Waals surface area contributed by atoms with E-state index in [9.17, 15) is 4.79 Å². The highest BCUT2D eigenvalue weighted by atomic mass is 16.1. The van der Waals surface area contributed by atoms with Gasteiger partial charge in [0.15, 0.2) is 0 Å². The van der Waals surface area contributed by atoms with Crippen molar-refractivity contribution in [1.82, 2.24) is 4.98 Å². The first-order valence-electron chi connectivity index (χ1n) is 4.77. The van der Waals surface area contributed by atoms with Gasteiger partial charge in [-0.2, -0.15) is 0 Å². The van der Waals surface area contributed by atoms with Crippen molar-refractivity contribution in [3.05, 3.63) is 29.1 Å². The van der Waals surface area contributed by atoms with Gasteiger partial charge in [-0.1, -0.05) is 6.42 Å². The van der Waals surface area contributed by atoms with Crippen molar-refractivity contribution in [2.45, 2.75) is 32.1 Å². The molecule has 0 spiro atoms. The third-order valence-corrected chi connectivity index (χ3v) is 2.60. The van der Waals surface area contributed by atoms with Crippen LogP contribution in [-0.2, 0) is 17.6 Å². The monoisotopic (exact) mass is 174 g/mol. The van der Waals surface area contributed by atoms with Gasteiger partial charge in [-0.05, 0) is 37.3 Å². The zero-order valence-electron chi connectivity index (χ0n) is 7.55. The number of pyridine rings is 1. The van der Waals surface area contributed by atoms with E-state index in [1.54, 1.807) is 12.3 Å². The predicted octanol–water partition coefficient (Wildman–Crippen LogP) is 1.81. The van der Waals surface area contributed by atoms with Gasteiger partial charge in [0.2, 0.25) is 6.29 Å². The summed E-state index contributed by atoms with van der Waals surface area (Å²) in [5.41, 5.74) is 2.96. The zero-order chi connectivity index (χ0) is 9.10. The third kappa shape index (κ3) is 1.62. The van der Waals surface area contributed by atoms with E-state index in [0.29, 0.717) is 5.56 Å². The Bertz CT molecular complexity index is 320. The molecule has 2 rings (SSSR count). The van der Waals surface area contributed by atoms with E-state index in [-0.39, 0.29) is 0 Å². The molecule has 0 bridgehead atoms. The first kappa shape index (κ1) is 8.42. The van der Waals surface area contributed by atoms with E-state index >= 15 is 0 Å². The second-order valence-electron chi connectivity index (χ2n) is 3.45. The first-order valence-corrected chi connectivity index (χ1v) is 4.77. The van der Waals surface area contributed by atoms with Crippen LogP contribution in [0.2, 0.25) is 0 Å². The van der Waals surface area contributed by atoms with Crippen LogP contribution in [0.15, 0.2) is 12.3 Å². The van der Waals surface area contributed by atoms with E-state index in [1.807, 2.05) is 6.29 Å². The second kappa shape index (κ2) is 3.69. The molecular weight excluding hydrogens is 162 g/mol. The van der Waals surface area contributed by atoms with Crippen molar-refractivity contribution in [2.24, 2.45) is 0 Å². The Morgan fingerprint density at radius 1 is 1.23 bits per heavy atom. The van der Waals surface area contributed by atoms with Crippen LogP contribution in [0.3, 0.4) is 0 Å². The largest absolute Gasteiger partial charge is 0.285 e. The SMILES string of the molecule is O=[C]c1ccnc2c1CCCCC2. The number of rotatable bonds is 1. The maximum Gasteiger partial charge on any atom is 0.233 e. The van der Waals surface area contributed by atoms with Crippen LogP contribution in [0.5, 0.6) is 0 Å². The van der Waals surface area contributed by atoms with Gasteiger partial charge in [0, 0.05) is 17.5 Å². The van der Waals surface area contributed by atoms with E-state index in [4.69, 9.17) is 0 Å². The molecule has 1 aliphatic carbocycles. The minimum absolute atomic E-state index is 0.715. The zero-order valence-corrected chi connectivity index (χ0v) is 7.55. The van der Waals surface area contributed by atoms with Crippen LogP contribution >= 0.6 is 0 Å². The molecule has 0 atom stereocenters. The standard InChI is InChI=1S/C11H12NO/c13-8-9-6-7-12-11-5-3-1-2-4-10(9)11/h6-7H,1-5H2. The summed E-state index contributed by atoms with van der Waals surface area (Å²) in [6, 6.07) is 1.76. The average Bonchev–Trinajstić information content (AvgIpc) is 2.41. The minimum Gasteiger partial charge on any atom is -0.285 e. The van der Waals surface area contributed by atoms with Crippen LogP contribution < -0.4 is 0 Å². The van der Waals surface area contributed by atoms with E-state index in [0.717, 1.165) is 24.1 Å².